The molecule has 0 N–H and O–H groups in total. The Bertz CT molecular complexity index is 277. The Morgan fingerprint density at radius 1 is 1.58 bits per heavy atom. The van der Waals surface area contributed by atoms with Gasteiger partial charge in [0.05, 0.1) is 11.0 Å². The monoisotopic (exact) mass is 249 g/mol. The summed E-state index contributed by atoms with van der Waals surface area (Å²) in [5, 5.41) is 0.460. The van der Waals surface area contributed by atoms with Crippen LogP contribution in [0.2, 0.25) is 5.15 Å². The number of aromatic nitrogens is 2. The number of hydrogen-bond donors (Lipinski definition) is 0. The topological polar surface area (TPSA) is 29.0 Å². The van der Waals surface area contributed by atoms with Gasteiger partial charge in [0.2, 0.25) is 0 Å². The molecule has 0 saturated heterocycles. The van der Waals surface area contributed by atoms with Gasteiger partial charge in [-0.15, -0.1) is 0 Å². The normalized spacial score (nSPS) is 10.8. The molecule has 0 bridgehead atoms. The maximum Gasteiger partial charge on any atom is 0.147 e. The van der Waals surface area contributed by atoms with Crippen molar-refractivity contribution in [3.8, 4) is 0 Å². The molecule has 66 valence electrons. The van der Waals surface area contributed by atoms with Crippen molar-refractivity contribution in [1.82, 2.24) is 14.9 Å². The van der Waals surface area contributed by atoms with Crippen LogP contribution in [0.1, 0.15) is 5.82 Å². The van der Waals surface area contributed by atoms with Crippen LogP contribution in [0.3, 0.4) is 0 Å². The highest BCUT2D eigenvalue weighted by atomic mass is 79.9. The van der Waals surface area contributed by atoms with Gasteiger partial charge in [0.1, 0.15) is 11.0 Å². The third-order valence-corrected chi connectivity index (χ3v) is 2.31. The van der Waals surface area contributed by atoms with Gasteiger partial charge in [-0.3, -0.25) is 0 Å². The standard InChI is InChI=1S/C7H9BrClN3/c1-12(2)4-6-10-3-5(8)7(9)11-6/h3H,4H2,1-2H3. The van der Waals surface area contributed by atoms with Crippen molar-refractivity contribution in [2.45, 2.75) is 6.54 Å². The minimum Gasteiger partial charge on any atom is -0.302 e. The minimum absolute atomic E-state index is 0.460. The third kappa shape index (κ3) is 2.69. The second kappa shape index (κ2) is 4.16. The van der Waals surface area contributed by atoms with Crippen LogP contribution in [-0.4, -0.2) is 29.0 Å². The Hall–Kier alpha value is -0.190. The van der Waals surface area contributed by atoms with Crippen LogP contribution in [0.4, 0.5) is 0 Å². The fourth-order valence-corrected chi connectivity index (χ4v) is 1.08. The Kier molecular flexibility index (Phi) is 3.43. The summed E-state index contributed by atoms with van der Waals surface area (Å²) < 4.78 is 0.728. The summed E-state index contributed by atoms with van der Waals surface area (Å²) in [6.07, 6.45) is 1.66. The van der Waals surface area contributed by atoms with Gasteiger partial charge in [-0.1, -0.05) is 11.6 Å². The van der Waals surface area contributed by atoms with E-state index in [-0.39, 0.29) is 0 Å². The van der Waals surface area contributed by atoms with Crippen LogP contribution in [0, 0.1) is 0 Å². The van der Waals surface area contributed by atoms with Crippen LogP contribution >= 0.6 is 27.5 Å². The van der Waals surface area contributed by atoms with Crippen molar-refractivity contribution < 1.29 is 0 Å². The minimum atomic E-state index is 0.460. The maximum atomic E-state index is 5.78. The predicted molar refractivity (Wildman–Crippen MR) is 52.1 cm³/mol. The Balaban J connectivity index is 2.82. The lowest BCUT2D eigenvalue weighted by molar-refractivity contribution is 0.390. The van der Waals surface area contributed by atoms with E-state index >= 15 is 0 Å². The zero-order valence-electron chi connectivity index (χ0n) is 6.88. The van der Waals surface area contributed by atoms with Crippen molar-refractivity contribution in [3.05, 3.63) is 21.6 Å². The summed E-state index contributed by atoms with van der Waals surface area (Å²) in [5.41, 5.74) is 0. The average Bonchev–Trinajstić information content (AvgIpc) is 1.96. The first kappa shape index (κ1) is 9.89. The highest BCUT2D eigenvalue weighted by Gasteiger charge is 2.02. The van der Waals surface area contributed by atoms with Crippen LogP contribution in [0.5, 0.6) is 0 Å². The van der Waals surface area contributed by atoms with Gasteiger partial charge in [-0.25, -0.2) is 9.97 Å². The van der Waals surface area contributed by atoms with E-state index in [2.05, 4.69) is 25.9 Å². The molecule has 1 rings (SSSR count). The zero-order valence-corrected chi connectivity index (χ0v) is 9.22. The SMILES string of the molecule is CN(C)Cc1ncc(Br)c(Cl)n1. The molecule has 0 aromatic carbocycles. The molecule has 0 fully saturated rings. The van der Waals surface area contributed by atoms with E-state index in [9.17, 15) is 0 Å². The number of rotatable bonds is 2. The van der Waals surface area contributed by atoms with Crippen molar-refractivity contribution in [2.24, 2.45) is 0 Å². The lowest BCUT2D eigenvalue weighted by Crippen LogP contribution is -2.13. The fourth-order valence-electron chi connectivity index (χ4n) is 0.739. The second-order valence-corrected chi connectivity index (χ2v) is 3.88. The number of halogens is 2. The highest BCUT2D eigenvalue weighted by Crippen LogP contribution is 2.18. The molecule has 0 amide bonds. The molecule has 1 aromatic rings. The molecule has 0 atom stereocenters. The lowest BCUT2D eigenvalue weighted by Gasteiger charge is -2.07. The third-order valence-electron chi connectivity index (χ3n) is 1.21. The van der Waals surface area contributed by atoms with E-state index in [1.807, 2.05) is 19.0 Å². The van der Waals surface area contributed by atoms with Crippen LogP contribution < -0.4 is 0 Å². The van der Waals surface area contributed by atoms with Crippen molar-refractivity contribution in [2.75, 3.05) is 14.1 Å². The smallest absolute Gasteiger partial charge is 0.147 e. The average molecular weight is 251 g/mol. The Morgan fingerprint density at radius 2 is 2.25 bits per heavy atom. The van der Waals surface area contributed by atoms with Gasteiger partial charge in [0.15, 0.2) is 0 Å². The van der Waals surface area contributed by atoms with E-state index in [1.54, 1.807) is 6.20 Å². The highest BCUT2D eigenvalue weighted by molar-refractivity contribution is 9.10. The molecule has 12 heavy (non-hydrogen) atoms. The quantitative estimate of drug-likeness (QED) is 0.751. The van der Waals surface area contributed by atoms with Gasteiger partial charge in [0, 0.05) is 6.20 Å². The van der Waals surface area contributed by atoms with Gasteiger partial charge in [-0.2, -0.15) is 0 Å². The van der Waals surface area contributed by atoms with Gasteiger partial charge < -0.3 is 4.90 Å². The van der Waals surface area contributed by atoms with Gasteiger partial charge in [0.25, 0.3) is 0 Å². The van der Waals surface area contributed by atoms with E-state index < -0.39 is 0 Å². The molecule has 0 saturated carbocycles. The summed E-state index contributed by atoms with van der Waals surface area (Å²) in [5.74, 6) is 0.730. The number of nitrogens with zero attached hydrogens (tertiary/aromatic N) is 3. The summed E-state index contributed by atoms with van der Waals surface area (Å²) in [6.45, 7) is 0.701. The maximum absolute atomic E-state index is 5.78. The molecule has 0 unspecified atom stereocenters. The van der Waals surface area contributed by atoms with Crippen molar-refractivity contribution in [1.29, 1.82) is 0 Å². The summed E-state index contributed by atoms with van der Waals surface area (Å²) in [6, 6.07) is 0. The summed E-state index contributed by atoms with van der Waals surface area (Å²) >= 11 is 9.01. The van der Waals surface area contributed by atoms with Gasteiger partial charge in [-0.05, 0) is 30.0 Å². The van der Waals surface area contributed by atoms with E-state index in [0.717, 1.165) is 10.3 Å². The Morgan fingerprint density at radius 3 is 2.75 bits per heavy atom. The second-order valence-electron chi connectivity index (χ2n) is 2.66. The molecule has 1 heterocycles. The van der Waals surface area contributed by atoms with E-state index in [4.69, 9.17) is 11.6 Å². The molecule has 0 aliphatic carbocycles. The zero-order chi connectivity index (χ0) is 9.14. The van der Waals surface area contributed by atoms with E-state index in [1.165, 1.54) is 0 Å². The summed E-state index contributed by atoms with van der Waals surface area (Å²) in [7, 11) is 3.92. The van der Waals surface area contributed by atoms with Crippen molar-refractivity contribution >= 4 is 27.5 Å². The molecule has 0 radical (unpaired) electrons. The molecule has 0 spiro atoms. The largest absolute Gasteiger partial charge is 0.302 e. The molecule has 5 heteroatoms. The first-order chi connectivity index (χ1) is 5.59. The molecular weight excluding hydrogens is 241 g/mol. The van der Waals surface area contributed by atoms with E-state index in [0.29, 0.717) is 11.7 Å². The van der Waals surface area contributed by atoms with Crippen LogP contribution in [0.25, 0.3) is 0 Å². The first-order valence-electron chi connectivity index (χ1n) is 3.41. The summed E-state index contributed by atoms with van der Waals surface area (Å²) in [4.78, 5) is 10.2. The molecular formula is C7H9BrClN3. The molecule has 0 aliphatic heterocycles. The van der Waals surface area contributed by atoms with Crippen LogP contribution in [-0.2, 0) is 6.54 Å². The van der Waals surface area contributed by atoms with Crippen molar-refractivity contribution in [3.63, 3.8) is 0 Å². The molecule has 0 aliphatic rings. The fraction of sp³-hybridized carbons (Fsp3) is 0.429. The lowest BCUT2D eigenvalue weighted by atomic mass is 10.5. The molecule has 1 aromatic heterocycles. The molecule has 3 nitrogen and oxygen atoms in total. The first-order valence-corrected chi connectivity index (χ1v) is 4.58. The predicted octanol–water partition coefficient (Wildman–Crippen LogP) is 1.95. The number of hydrogen-bond acceptors (Lipinski definition) is 3. The Labute approximate surface area is 84.9 Å². The van der Waals surface area contributed by atoms with Crippen LogP contribution in [0.15, 0.2) is 10.7 Å². The van der Waals surface area contributed by atoms with Gasteiger partial charge >= 0.3 is 0 Å².